The first kappa shape index (κ1) is 10.6. The molecule has 1 amide bonds. The van der Waals surface area contributed by atoms with E-state index in [4.69, 9.17) is 4.74 Å². The van der Waals surface area contributed by atoms with Crippen LogP contribution in [0.4, 0.5) is 10.5 Å². The lowest BCUT2D eigenvalue weighted by atomic mass is 9.74. The van der Waals surface area contributed by atoms with Crippen LogP contribution in [0.2, 0.25) is 0 Å². The van der Waals surface area contributed by atoms with Gasteiger partial charge in [-0.2, -0.15) is 0 Å². The summed E-state index contributed by atoms with van der Waals surface area (Å²) in [6.45, 7) is 2.27. The van der Waals surface area contributed by atoms with Crippen molar-refractivity contribution in [2.45, 2.75) is 38.2 Å². The predicted octanol–water partition coefficient (Wildman–Crippen LogP) is 3.65. The van der Waals surface area contributed by atoms with Crippen LogP contribution in [-0.2, 0) is 10.3 Å². The molecule has 1 aliphatic carbocycles. The second-order valence-corrected chi connectivity index (χ2v) is 5.24. The summed E-state index contributed by atoms with van der Waals surface area (Å²) >= 11 is 0. The van der Waals surface area contributed by atoms with Crippen molar-refractivity contribution in [1.82, 2.24) is 0 Å². The Bertz CT molecular complexity index is 447. The number of anilines is 1. The lowest BCUT2D eigenvalue weighted by Gasteiger charge is -2.42. The topological polar surface area (TPSA) is 38.3 Å². The Hall–Kier alpha value is -1.51. The number of nitrogens with one attached hydrogen (secondary N) is 1. The van der Waals surface area contributed by atoms with E-state index in [0.29, 0.717) is 0 Å². The maximum atomic E-state index is 11.6. The van der Waals surface area contributed by atoms with Gasteiger partial charge >= 0.3 is 6.09 Å². The molecule has 0 saturated heterocycles. The van der Waals surface area contributed by atoms with Crippen molar-refractivity contribution < 1.29 is 9.53 Å². The van der Waals surface area contributed by atoms with Gasteiger partial charge in [-0.3, -0.25) is 5.32 Å². The van der Waals surface area contributed by atoms with Crippen LogP contribution in [0.25, 0.3) is 0 Å². The standard InChI is InChI=1S/C14H17NO2/c1-10-6-8-14(9-7-10)11-4-2-3-5-12(11)15-13(16)17-14/h2-5,10H,6-9H2,1H3,(H,15,16). The zero-order chi connectivity index (χ0) is 11.9. The fourth-order valence-corrected chi connectivity index (χ4v) is 2.96. The fraction of sp³-hybridized carbons (Fsp3) is 0.500. The fourth-order valence-electron chi connectivity index (χ4n) is 2.96. The molecular weight excluding hydrogens is 214 g/mol. The highest BCUT2D eigenvalue weighted by molar-refractivity contribution is 5.88. The van der Waals surface area contributed by atoms with Gasteiger partial charge < -0.3 is 4.74 Å². The molecule has 1 saturated carbocycles. The summed E-state index contributed by atoms with van der Waals surface area (Å²) in [5.41, 5.74) is 1.69. The molecule has 3 heteroatoms. The van der Waals surface area contributed by atoms with Crippen LogP contribution >= 0.6 is 0 Å². The van der Waals surface area contributed by atoms with E-state index < -0.39 is 0 Å². The number of carbonyl (C=O) groups is 1. The van der Waals surface area contributed by atoms with Gasteiger partial charge in [0.1, 0.15) is 5.60 Å². The number of rotatable bonds is 0. The van der Waals surface area contributed by atoms with E-state index in [-0.39, 0.29) is 11.7 Å². The van der Waals surface area contributed by atoms with Gasteiger partial charge in [-0.15, -0.1) is 0 Å². The summed E-state index contributed by atoms with van der Waals surface area (Å²) in [7, 11) is 0. The molecule has 0 aromatic heterocycles. The molecule has 1 spiro atoms. The lowest BCUT2D eigenvalue weighted by Crippen LogP contribution is -2.41. The number of hydrogen-bond donors (Lipinski definition) is 1. The molecule has 2 aliphatic rings. The molecule has 1 aliphatic heterocycles. The SMILES string of the molecule is CC1CCC2(CC1)OC(=O)Nc1ccccc12. The normalized spacial score (nSPS) is 31.6. The predicted molar refractivity (Wildman–Crippen MR) is 65.9 cm³/mol. The molecule has 90 valence electrons. The van der Waals surface area contributed by atoms with Crippen molar-refractivity contribution in [3.63, 3.8) is 0 Å². The highest BCUT2D eigenvalue weighted by Gasteiger charge is 2.43. The Balaban J connectivity index is 2.02. The van der Waals surface area contributed by atoms with Gasteiger partial charge in [0.05, 0.1) is 5.69 Å². The van der Waals surface area contributed by atoms with Crippen molar-refractivity contribution >= 4 is 11.8 Å². The number of fused-ring (bicyclic) bond motifs is 2. The minimum Gasteiger partial charge on any atom is -0.438 e. The van der Waals surface area contributed by atoms with E-state index in [1.54, 1.807) is 0 Å². The Morgan fingerprint density at radius 1 is 1.29 bits per heavy atom. The number of para-hydroxylation sites is 1. The zero-order valence-electron chi connectivity index (χ0n) is 10.0. The molecule has 3 rings (SSSR count). The molecule has 1 aromatic carbocycles. The minimum atomic E-state index is -0.370. The van der Waals surface area contributed by atoms with Crippen LogP contribution in [-0.4, -0.2) is 6.09 Å². The molecule has 0 radical (unpaired) electrons. The van der Waals surface area contributed by atoms with Gasteiger partial charge in [-0.05, 0) is 37.7 Å². The summed E-state index contributed by atoms with van der Waals surface area (Å²) in [5, 5.41) is 2.78. The summed E-state index contributed by atoms with van der Waals surface area (Å²) in [6, 6.07) is 7.99. The molecule has 3 nitrogen and oxygen atoms in total. The maximum absolute atomic E-state index is 11.6. The highest BCUT2D eigenvalue weighted by atomic mass is 16.6. The van der Waals surface area contributed by atoms with Crippen LogP contribution in [0, 0.1) is 5.92 Å². The average Bonchev–Trinajstić information content (AvgIpc) is 2.33. The van der Waals surface area contributed by atoms with E-state index in [2.05, 4.69) is 18.3 Å². The Morgan fingerprint density at radius 3 is 2.76 bits per heavy atom. The summed E-state index contributed by atoms with van der Waals surface area (Å²) in [6.07, 6.45) is 3.83. The number of hydrogen-bond acceptors (Lipinski definition) is 2. The van der Waals surface area contributed by atoms with E-state index in [1.165, 1.54) is 0 Å². The summed E-state index contributed by atoms with van der Waals surface area (Å²) in [4.78, 5) is 11.6. The Morgan fingerprint density at radius 2 is 2.00 bits per heavy atom. The van der Waals surface area contributed by atoms with Crippen LogP contribution in [0.15, 0.2) is 24.3 Å². The quantitative estimate of drug-likeness (QED) is 0.740. The van der Waals surface area contributed by atoms with Gasteiger partial charge in [-0.25, -0.2) is 4.79 Å². The Labute approximate surface area is 101 Å². The third-order valence-corrected chi connectivity index (χ3v) is 4.02. The highest BCUT2D eigenvalue weighted by Crippen LogP contribution is 2.47. The minimum absolute atomic E-state index is 0.307. The molecule has 0 atom stereocenters. The third-order valence-electron chi connectivity index (χ3n) is 4.02. The summed E-state index contributed by atoms with van der Waals surface area (Å²) in [5.74, 6) is 0.737. The largest absolute Gasteiger partial charge is 0.438 e. The van der Waals surface area contributed by atoms with Crippen LogP contribution in [0.5, 0.6) is 0 Å². The lowest BCUT2D eigenvalue weighted by molar-refractivity contribution is -0.0269. The number of ether oxygens (including phenoxy) is 1. The van der Waals surface area contributed by atoms with Crippen molar-refractivity contribution in [2.24, 2.45) is 5.92 Å². The zero-order valence-corrected chi connectivity index (χ0v) is 10.0. The molecule has 0 unspecified atom stereocenters. The van der Waals surface area contributed by atoms with E-state index >= 15 is 0 Å². The van der Waals surface area contributed by atoms with E-state index in [9.17, 15) is 4.79 Å². The monoisotopic (exact) mass is 231 g/mol. The summed E-state index contributed by atoms with van der Waals surface area (Å²) < 4.78 is 5.64. The van der Waals surface area contributed by atoms with Crippen molar-refractivity contribution in [3.8, 4) is 0 Å². The van der Waals surface area contributed by atoms with Crippen LogP contribution in [0.1, 0.15) is 38.2 Å². The van der Waals surface area contributed by atoms with E-state index in [1.807, 2.05) is 18.2 Å². The number of carbonyl (C=O) groups excluding carboxylic acids is 1. The smallest absolute Gasteiger partial charge is 0.412 e. The first-order valence-electron chi connectivity index (χ1n) is 6.29. The number of amides is 1. The molecule has 1 aromatic rings. The molecule has 1 fully saturated rings. The average molecular weight is 231 g/mol. The molecule has 0 bridgehead atoms. The maximum Gasteiger partial charge on any atom is 0.412 e. The van der Waals surface area contributed by atoms with Crippen molar-refractivity contribution in [1.29, 1.82) is 0 Å². The van der Waals surface area contributed by atoms with Gasteiger partial charge in [0.15, 0.2) is 0 Å². The van der Waals surface area contributed by atoms with Gasteiger partial charge in [-0.1, -0.05) is 25.1 Å². The van der Waals surface area contributed by atoms with Gasteiger partial charge in [0, 0.05) is 5.56 Å². The first-order chi connectivity index (χ1) is 8.20. The van der Waals surface area contributed by atoms with Crippen molar-refractivity contribution in [2.75, 3.05) is 5.32 Å². The first-order valence-corrected chi connectivity index (χ1v) is 6.29. The van der Waals surface area contributed by atoms with E-state index in [0.717, 1.165) is 42.9 Å². The second kappa shape index (κ2) is 3.76. The van der Waals surface area contributed by atoms with Crippen LogP contribution in [0.3, 0.4) is 0 Å². The number of benzene rings is 1. The second-order valence-electron chi connectivity index (χ2n) is 5.24. The Kier molecular flexibility index (Phi) is 2.35. The molecule has 1 heterocycles. The van der Waals surface area contributed by atoms with Gasteiger partial charge in [0.2, 0.25) is 0 Å². The van der Waals surface area contributed by atoms with Gasteiger partial charge in [0.25, 0.3) is 0 Å². The third kappa shape index (κ3) is 1.70. The molecule has 17 heavy (non-hydrogen) atoms. The molecule has 1 N–H and O–H groups in total. The van der Waals surface area contributed by atoms with Crippen LogP contribution < -0.4 is 5.32 Å². The van der Waals surface area contributed by atoms with Crippen molar-refractivity contribution in [3.05, 3.63) is 29.8 Å². The molecular formula is C14H17NO2.